The zero-order valence-corrected chi connectivity index (χ0v) is 14.1. The van der Waals surface area contributed by atoms with E-state index >= 15 is 0 Å². The van der Waals surface area contributed by atoms with Crippen LogP contribution in [0.3, 0.4) is 0 Å². The minimum Gasteiger partial charge on any atom is -0.351 e. The molecule has 0 aliphatic heterocycles. The molecule has 126 valence electrons. The molecule has 3 N–H and O–H groups in total. The Hall–Kier alpha value is -3.14. The summed E-state index contributed by atoms with van der Waals surface area (Å²) in [7, 11) is 0. The van der Waals surface area contributed by atoms with Crippen molar-refractivity contribution < 1.29 is 4.79 Å². The summed E-state index contributed by atoms with van der Waals surface area (Å²) in [6.45, 7) is 2.14. The van der Waals surface area contributed by atoms with Gasteiger partial charge in [0.2, 0.25) is 0 Å². The SMILES string of the molecule is Cc1ccccc1C(Cc1ccnc(NC(N)=O)c1)c1ccccc1. The van der Waals surface area contributed by atoms with E-state index in [1.807, 2.05) is 18.2 Å². The van der Waals surface area contributed by atoms with Crippen LogP contribution in [0.4, 0.5) is 10.6 Å². The summed E-state index contributed by atoms with van der Waals surface area (Å²) in [5.41, 5.74) is 10.1. The van der Waals surface area contributed by atoms with Crippen molar-refractivity contribution in [3.8, 4) is 0 Å². The zero-order valence-electron chi connectivity index (χ0n) is 14.1. The van der Waals surface area contributed by atoms with Gasteiger partial charge in [-0.05, 0) is 47.7 Å². The van der Waals surface area contributed by atoms with Crippen molar-refractivity contribution in [2.45, 2.75) is 19.3 Å². The molecular formula is C21H21N3O. The third kappa shape index (κ3) is 4.23. The van der Waals surface area contributed by atoms with Crippen molar-refractivity contribution in [1.82, 2.24) is 4.98 Å². The number of nitrogens with two attached hydrogens (primary N) is 1. The molecule has 0 saturated carbocycles. The van der Waals surface area contributed by atoms with Crippen LogP contribution < -0.4 is 11.1 Å². The fourth-order valence-corrected chi connectivity index (χ4v) is 3.10. The average molecular weight is 331 g/mol. The maximum Gasteiger partial charge on any atom is 0.317 e. The van der Waals surface area contributed by atoms with Crippen LogP contribution in [0.25, 0.3) is 0 Å². The van der Waals surface area contributed by atoms with Crippen molar-refractivity contribution in [2.75, 3.05) is 5.32 Å². The smallest absolute Gasteiger partial charge is 0.317 e. The highest BCUT2D eigenvalue weighted by Gasteiger charge is 2.17. The number of hydrogen-bond acceptors (Lipinski definition) is 2. The molecule has 25 heavy (non-hydrogen) atoms. The molecule has 1 atom stereocenters. The molecule has 0 aliphatic carbocycles. The topological polar surface area (TPSA) is 68.0 Å². The quantitative estimate of drug-likeness (QED) is 0.733. The monoisotopic (exact) mass is 331 g/mol. The van der Waals surface area contributed by atoms with E-state index in [0.29, 0.717) is 5.82 Å². The molecule has 1 aromatic heterocycles. The molecule has 1 heterocycles. The molecule has 0 aliphatic rings. The van der Waals surface area contributed by atoms with Crippen molar-refractivity contribution >= 4 is 11.8 Å². The van der Waals surface area contributed by atoms with E-state index in [0.717, 1.165) is 12.0 Å². The Balaban J connectivity index is 1.96. The number of carbonyl (C=O) groups excluding carboxylic acids is 1. The predicted molar refractivity (Wildman–Crippen MR) is 101 cm³/mol. The highest BCUT2D eigenvalue weighted by atomic mass is 16.2. The first-order valence-corrected chi connectivity index (χ1v) is 8.25. The lowest BCUT2D eigenvalue weighted by Crippen LogP contribution is -2.20. The summed E-state index contributed by atoms with van der Waals surface area (Å²) in [6.07, 6.45) is 2.51. The predicted octanol–water partition coefficient (Wildman–Crippen LogP) is 4.26. The standard InChI is InChI=1S/C21H21N3O/c1-15-7-5-6-10-18(15)19(17-8-3-2-4-9-17)13-16-11-12-23-20(14-16)24-21(22)25/h2-12,14,19H,13H2,1H3,(H3,22,23,24,25). The number of hydrogen-bond donors (Lipinski definition) is 2. The number of nitrogens with one attached hydrogen (secondary N) is 1. The van der Waals surface area contributed by atoms with Gasteiger partial charge in [0, 0.05) is 12.1 Å². The van der Waals surface area contributed by atoms with Gasteiger partial charge in [-0.25, -0.2) is 9.78 Å². The van der Waals surface area contributed by atoms with Gasteiger partial charge in [-0.2, -0.15) is 0 Å². The summed E-state index contributed by atoms with van der Waals surface area (Å²) in [5.74, 6) is 0.702. The largest absolute Gasteiger partial charge is 0.351 e. The van der Waals surface area contributed by atoms with Crippen molar-refractivity contribution in [3.05, 3.63) is 95.2 Å². The Bertz CT molecular complexity index is 862. The van der Waals surface area contributed by atoms with Gasteiger partial charge in [0.15, 0.2) is 0 Å². The third-order valence-electron chi connectivity index (χ3n) is 4.28. The normalized spacial score (nSPS) is 11.7. The number of amides is 2. The maximum absolute atomic E-state index is 11.1. The van der Waals surface area contributed by atoms with Crippen molar-refractivity contribution in [1.29, 1.82) is 0 Å². The van der Waals surface area contributed by atoms with Crippen LogP contribution in [-0.2, 0) is 6.42 Å². The minimum atomic E-state index is -0.608. The number of primary amides is 1. The number of aryl methyl sites for hydroxylation is 1. The molecular weight excluding hydrogens is 310 g/mol. The number of aromatic nitrogens is 1. The van der Waals surface area contributed by atoms with Crippen LogP contribution in [0.1, 0.15) is 28.2 Å². The first-order valence-electron chi connectivity index (χ1n) is 8.25. The molecule has 3 rings (SSSR count). The molecule has 2 aromatic carbocycles. The molecule has 1 unspecified atom stereocenters. The van der Waals surface area contributed by atoms with Gasteiger partial charge in [0.25, 0.3) is 0 Å². The van der Waals surface area contributed by atoms with Gasteiger partial charge < -0.3 is 5.73 Å². The maximum atomic E-state index is 11.1. The number of pyridine rings is 1. The molecule has 4 nitrogen and oxygen atoms in total. The van der Waals surface area contributed by atoms with Crippen LogP contribution >= 0.6 is 0 Å². The van der Waals surface area contributed by atoms with Crippen LogP contribution in [0.15, 0.2) is 72.9 Å². The lowest BCUT2D eigenvalue weighted by atomic mass is 9.84. The number of benzene rings is 2. The fraction of sp³-hybridized carbons (Fsp3) is 0.143. The van der Waals surface area contributed by atoms with Crippen molar-refractivity contribution in [2.24, 2.45) is 5.73 Å². The fourth-order valence-electron chi connectivity index (χ4n) is 3.10. The minimum absolute atomic E-state index is 0.228. The number of anilines is 1. The van der Waals surface area contributed by atoms with E-state index in [-0.39, 0.29) is 5.92 Å². The van der Waals surface area contributed by atoms with E-state index in [1.165, 1.54) is 16.7 Å². The second-order valence-electron chi connectivity index (χ2n) is 6.06. The Morgan fingerprint density at radius 3 is 2.52 bits per heavy atom. The zero-order chi connectivity index (χ0) is 17.6. The molecule has 0 saturated heterocycles. The van der Waals surface area contributed by atoms with E-state index in [1.54, 1.807) is 6.20 Å². The van der Waals surface area contributed by atoms with Gasteiger partial charge in [0.1, 0.15) is 5.82 Å². The van der Waals surface area contributed by atoms with E-state index < -0.39 is 6.03 Å². The van der Waals surface area contributed by atoms with Gasteiger partial charge in [0.05, 0.1) is 0 Å². The Morgan fingerprint density at radius 1 is 1.08 bits per heavy atom. The first kappa shape index (κ1) is 16.7. The Labute approximate surface area is 147 Å². The van der Waals surface area contributed by atoms with Gasteiger partial charge in [-0.1, -0.05) is 54.6 Å². The molecule has 4 heteroatoms. The van der Waals surface area contributed by atoms with Gasteiger partial charge >= 0.3 is 6.03 Å². The van der Waals surface area contributed by atoms with E-state index in [4.69, 9.17) is 5.73 Å². The highest BCUT2D eigenvalue weighted by molar-refractivity contribution is 5.86. The van der Waals surface area contributed by atoms with Crippen LogP contribution in [0, 0.1) is 6.92 Å². The third-order valence-corrected chi connectivity index (χ3v) is 4.28. The second kappa shape index (κ2) is 7.62. The molecule has 0 fully saturated rings. The molecule has 2 amide bonds. The summed E-state index contributed by atoms with van der Waals surface area (Å²) in [4.78, 5) is 15.2. The highest BCUT2D eigenvalue weighted by Crippen LogP contribution is 2.30. The van der Waals surface area contributed by atoms with Gasteiger partial charge in [-0.15, -0.1) is 0 Å². The van der Waals surface area contributed by atoms with E-state index in [2.05, 4.69) is 65.8 Å². The lowest BCUT2D eigenvalue weighted by molar-refractivity contribution is 0.259. The first-order chi connectivity index (χ1) is 12.1. The molecule has 3 aromatic rings. The average Bonchev–Trinajstić information content (AvgIpc) is 2.61. The number of rotatable bonds is 5. The summed E-state index contributed by atoms with van der Waals surface area (Å²) in [6, 6.07) is 22.1. The number of urea groups is 1. The van der Waals surface area contributed by atoms with Crippen LogP contribution in [0.5, 0.6) is 0 Å². The number of carbonyl (C=O) groups is 1. The molecule has 0 spiro atoms. The van der Waals surface area contributed by atoms with Gasteiger partial charge in [-0.3, -0.25) is 5.32 Å². The summed E-state index contributed by atoms with van der Waals surface area (Å²) >= 11 is 0. The Morgan fingerprint density at radius 2 is 1.80 bits per heavy atom. The summed E-state index contributed by atoms with van der Waals surface area (Å²) in [5, 5.41) is 2.54. The Kier molecular flexibility index (Phi) is 5.09. The van der Waals surface area contributed by atoms with Crippen LogP contribution in [-0.4, -0.2) is 11.0 Å². The molecule has 0 bridgehead atoms. The number of nitrogens with zero attached hydrogens (tertiary/aromatic N) is 1. The summed E-state index contributed by atoms with van der Waals surface area (Å²) < 4.78 is 0. The van der Waals surface area contributed by atoms with E-state index in [9.17, 15) is 4.79 Å². The van der Waals surface area contributed by atoms with Crippen molar-refractivity contribution in [3.63, 3.8) is 0 Å². The molecule has 0 radical (unpaired) electrons. The second-order valence-corrected chi connectivity index (χ2v) is 6.06. The van der Waals surface area contributed by atoms with Crippen LogP contribution in [0.2, 0.25) is 0 Å². The lowest BCUT2D eigenvalue weighted by Gasteiger charge is -2.20.